The van der Waals surface area contributed by atoms with Gasteiger partial charge in [0.2, 0.25) is 17.6 Å². The monoisotopic (exact) mass is 426 g/mol. The number of carbonyl (C=O) groups is 2. The smallest absolute Gasteiger partial charge is 0.256 e. The van der Waals surface area contributed by atoms with E-state index in [1.54, 1.807) is 12.1 Å². The molecule has 0 spiro atoms. The summed E-state index contributed by atoms with van der Waals surface area (Å²) in [5.41, 5.74) is 0.732. The van der Waals surface area contributed by atoms with E-state index in [0.29, 0.717) is 30.1 Å². The summed E-state index contributed by atoms with van der Waals surface area (Å²) in [5.74, 6) is -1.44. The van der Waals surface area contributed by atoms with E-state index >= 15 is 0 Å². The lowest BCUT2D eigenvalue weighted by molar-refractivity contribution is -0.114. The molecule has 0 saturated carbocycles. The number of piperidine rings is 1. The van der Waals surface area contributed by atoms with E-state index in [2.05, 4.69) is 15.5 Å². The highest BCUT2D eigenvalue weighted by atomic mass is 19.1. The van der Waals surface area contributed by atoms with Gasteiger partial charge in [-0.3, -0.25) is 9.59 Å². The molecule has 1 aliphatic rings. The van der Waals surface area contributed by atoms with Crippen LogP contribution in [0.15, 0.2) is 47.0 Å². The lowest BCUT2D eigenvalue weighted by atomic mass is 9.97. The summed E-state index contributed by atoms with van der Waals surface area (Å²) < 4.78 is 33.2. The number of likely N-dealkylation sites (tertiary alicyclic amines) is 1. The first-order valence-electron chi connectivity index (χ1n) is 9.86. The number of hydrogen-bond acceptors (Lipinski definition) is 5. The van der Waals surface area contributed by atoms with E-state index < -0.39 is 17.5 Å². The Bertz CT molecular complexity index is 1130. The Kier molecular flexibility index (Phi) is 5.75. The molecular formula is C22H20F2N4O3. The van der Waals surface area contributed by atoms with Crippen LogP contribution in [0, 0.1) is 11.6 Å². The van der Waals surface area contributed by atoms with Gasteiger partial charge in [-0.25, -0.2) is 8.78 Å². The summed E-state index contributed by atoms with van der Waals surface area (Å²) in [4.78, 5) is 30.1. The van der Waals surface area contributed by atoms with Gasteiger partial charge in [0.25, 0.3) is 5.91 Å². The largest absolute Gasteiger partial charge is 0.339 e. The predicted octanol–water partition coefficient (Wildman–Crippen LogP) is 3.99. The summed E-state index contributed by atoms with van der Waals surface area (Å²) in [6.45, 7) is 2.08. The fourth-order valence-corrected chi connectivity index (χ4v) is 3.65. The first-order valence-corrected chi connectivity index (χ1v) is 9.86. The molecule has 31 heavy (non-hydrogen) atoms. The van der Waals surface area contributed by atoms with Gasteiger partial charge in [0.05, 0.1) is 11.5 Å². The lowest BCUT2D eigenvalue weighted by Crippen LogP contribution is -2.39. The molecule has 1 saturated heterocycles. The summed E-state index contributed by atoms with van der Waals surface area (Å²) in [6.07, 6.45) is 1.41. The summed E-state index contributed by atoms with van der Waals surface area (Å²) >= 11 is 0. The molecule has 1 fully saturated rings. The third-order valence-corrected chi connectivity index (χ3v) is 5.10. The van der Waals surface area contributed by atoms with Crippen molar-refractivity contribution in [1.29, 1.82) is 0 Å². The highest BCUT2D eigenvalue weighted by molar-refractivity contribution is 5.97. The number of aromatic nitrogens is 2. The molecule has 1 N–H and O–H groups in total. The van der Waals surface area contributed by atoms with Crippen molar-refractivity contribution in [2.24, 2.45) is 0 Å². The Labute approximate surface area is 177 Å². The van der Waals surface area contributed by atoms with E-state index in [1.165, 1.54) is 36.1 Å². The Hall–Kier alpha value is -3.62. The molecule has 4 rings (SSSR count). The van der Waals surface area contributed by atoms with Crippen LogP contribution >= 0.6 is 0 Å². The Morgan fingerprint density at radius 3 is 2.81 bits per heavy atom. The van der Waals surface area contributed by atoms with Crippen molar-refractivity contribution in [1.82, 2.24) is 15.0 Å². The van der Waals surface area contributed by atoms with Crippen molar-refractivity contribution in [3.05, 3.63) is 65.6 Å². The topological polar surface area (TPSA) is 88.3 Å². The van der Waals surface area contributed by atoms with Crippen molar-refractivity contribution in [3.63, 3.8) is 0 Å². The van der Waals surface area contributed by atoms with E-state index in [4.69, 9.17) is 4.52 Å². The van der Waals surface area contributed by atoms with Crippen LogP contribution < -0.4 is 5.32 Å². The van der Waals surface area contributed by atoms with Crippen molar-refractivity contribution in [2.75, 3.05) is 18.4 Å². The Morgan fingerprint density at radius 2 is 2.03 bits per heavy atom. The number of halogens is 2. The second kappa shape index (κ2) is 8.63. The molecule has 2 heterocycles. The zero-order chi connectivity index (χ0) is 22.0. The fraction of sp³-hybridized carbons (Fsp3) is 0.273. The van der Waals surface area contributed by atoms with Crippen LogP contribution in [0.5, 0.6) is 0 Å². The van der Waals surface area contributed by atoms with Crippen LogP contribution in [-0.2, 0) is 4.79 Å². The minimum atomic E-state index is -0.660. The van der Waals surface area contributed by atoms with Crippen molar-refractivity contribution >= 4 is 17.5 Å². The fourth-order valence-electron chi connectivity index (χ4n) is 3.65. The van der Waals surface area contributed by atoms with Gasteiger partial charge in [-0.05, 0) is 43.2 Å². The molecule has 1 unspecified atom stereocenters. The van der Waals surface area contributed by atoms with Gasteiger partial charge in [-0.2, -0.15) is 4.98 Å². The second-order valence-electron chi connectivity index (χ2n) is 7.43. The molecule has 1 atom stereocenters. The van der Waals surface area contributed by atoms with Crippen molar-refractivity contribution < 1.29 is 22.9 Å². The quantitative estimate of drug-likeness (QED) is 0.682. The van der Waals surface area contributed by atoms with Crippen LogP contribution in [0.3, 0.4) is 0 Å². The zero-order valence-electron chi connectivity index (χ0n) is 16.8. The molecule has 0 aliphatic carbocycles. The number of hydrogen-bond donors (Lipinski definition) is 1. The molecule has 2 aromatic carbocycles. The SMILES string of the molecule is CC(=O)Nc1ccc(F)c(C(=O)N2CCCC(c3nc(-c4cccc(F)c4)no3)C2)c1. The summed E-state index contributed by atoms with van der Waals surface area (Å²) in [5, 5.41) is 6.48. The number of nitrogens with one attached hydrogen (secondary N) is 1. The normalized spacial score (nSPS) is 16.2. The molecule has 0 radical (unpaired) electrons. The Balaban J connectivity index is 1.51. The van der Waals surface area contributed by atoms with Gasteiger partial charge in [0.1, 0.15) is 11.6 Å². The molecule has 1 aliphatic heterocycles. The first-order chi connectivity index (χ1) is 14.9. The predicted molar refractivity (Wildman–Crippen MR) is 108 cm³/mol. The molecule has 160 valence electrons. The van der Waals surface area contributed by atoms with E-state index in [0.717, 1.165) is 12.5 Å². The minimum absolute atomic E-state index is 0.113. The number of anilines is 1. The van der Waals surface area contributed by atoms with Gasteiger partial charge in [-0.1, -0.05) is 17.3 Å². The third-order valence-electron chi connectivity index (χ3n) is 5.10. The average molecular weight is 426 g/mol. The van der Waals surface area contributed by atoms with Crippen LogP contribution in [0.25, 0.3) is 11.4 Å². The number of rotatable bonds is 4. The van der Waals surface area contributed by atoms with E-state index in [-0.39, 0.29) is 29.8 Å². The molecule has 1 aromatic heterocycles. The van der Waals surface area contributed by atoms with Crippen LogP contribution in [0.2, 0.25) is 0 Å². The summed E-state index contributed by atoms with van der Waals surface area (Å²) in [7, 11) is 0. The number of nitrogens with zero attached hydrogens (tertiary/aromatic N) is 3. The zero-order valence-corrected chi connectivity index (χ0v) is 16.8. The molecule has 2 amide bonds. The maximum Gasteiger partial charge on any atom is 0.256 e. The minimum Gasteiger partial charge on any atom is -0.339 e. The molecule has 7 nitrogen and oxygen atoms in total. The average Bonchev–Trinajstić information content (AvgIpc) is 3.25. The van der Waals surface area contributed by atoms with Gasteiger partial charge in [0, 0.05) is 31.3 Å². The Morgan fingerprint density at radius 1 is 1.19 bits per heavy atom. The number of benzene rings is 2. The van der Waals surface area contributed by atoms with Gasteiger partial charge in [0.15, 0.2) is 0 Å². The highest BCUT2D eigenvalue weighted by Gasteiger charge is 2.30. The van der Waals surface area contributed by atoms with Crippen LogP contribution in [0.4, 0.5) is 14.5 Å². The van der Waals surface area contributed by atoms with E-state index in [1.807, 2.05) is 0 Å². The van der Waals surface area contributed by atoms with Crippen molar-refractivity contribution in [2.45, 2.75) is 25.7 Å². The molecular weight excluding hydrogens is 406 g/mol. The van der Waals surface area contributed by atoms with Crippen molar-refractivity contribution in [3.8, 4) is 11.4 Å². The second-order valence-corrected chi connectivity index (χ2v) is 7.43. The van der Waals surface area contributed by atoms with Crippen LogP contribution in [-0.4, -0.2) is 39.9 Å². The summed E-state index contributed by atoms with van der Waals surface area (Å²) in [6, 6.07) is 9.77. The van der Waals surface area contributed by atoms with Gasteiger partial charge >= 0.3 is 0 Å². The molecule has 0 bridgehead atoms. The van der Waals surface area contributed by atoms with Crippen LogP contribution in [0.1, 0.15) is 41.9 Å². The molecule has 3 aromatic rings. The maximum absolute atomic E-state index is 14.3. The van der Waals surface area contributed by atoms with Gasteiger partial charge < -0.3 is 14.7 Å². The number of carbonyl (C=O) groups excluding carboxylic acids is 2. The highest BCUT2D eigenvalue weighted by Crippen LogP contribution is 2.29. The standard InChI is InChI=1S/C22H20F2N4O3/c1-13(29)25-17-7-8-19(24)18(11-17)22(30)28-9-3-5-15(12-28)21-26-20(27-31-21)14-4-2-6-16(23)10-14/h2,4,6-8,10-11,15H,3,5,9,12H2,1H3,(H,25,29). The first kappa shape index (κ1) is 20.6. The molecule has 9 heteroatoms. The van der Waals surface area contributed by atoms with Gasteiger partial charge in [-0.15, -0.1) is 0 Å². The lowest BCUT2D eigenvalue weighted by Gasteiger charge is -2.31. The third kappa shape index (κ3) is 4.60. The maximum atomic E-state index is 14.3. The van der Waals surface area contributed by atoms with E-state index in [9.17, 15) is 18.4 Å². The number of amides is 2.